The Morgan fingerprint density at radius 2 is 2.04 bits per heavy atom. The lowest BCUT2D eigenvalue weighted by atomic mass is 9.95. The van der Waals surface area contributed by atoms with Crippen LogP contribution in [0.1, 0.15) is 47.2 Å². The van der Waals surface area contributed by atoms with E-state index in [2.05, 4.69) is 20.8 Å². The average Bonchev–Trinajstić information content (AvgIpc) is 3.32. The normalized spacial score (nSPS) is 24.4. The average molecular weight is 358 g/mol. The van der Waals surface area contributed by atoms with Gasteiger partial charge in [0.2, 0.25) is 5.78 Å². The molecule has 0 spiro atoms. The van der Waals surface area contributed by atoms with E-state index >= 15 is 0 Å². The van der Waals surface area contributed by atoms with Crippen LogP contribution in [0.4, 0.5) is 0 Å². The molecule has 2 fully saturated rings. The Bertz CT molecular complexity index is 804. The number of rotatable bonds is 5. The topological polar surface area (TPSA) is 97.1 Å². The van der Waals surface area contributed by atoms with Crippen LogP contribution in [0.15, 0.2) is 38.8 Å². The summed E-state index contributed by atoms with van der Waals surface area (Å²) in [6.07, 6.45) is 3.36. The third-order valence-electron chi connectivity index (χ3n) is 4.65. The number of Topliss-reactive ketones (excluding diaryl/α,β-unsaturated/α-hetero) is 1. The molecule has 2 bridgehead atoms. The van der Waals surface area contributed by atoms with Gasteiger partial charge in [0.05, 0.1) is 0 Å². The molecule has 1 amide bonds. The fourth-order valence-electron chi connectivity index (χ4n) is 3.40. The van der Waals surface area contributed by atoms with Gasteiger partial charge in [-0.25, -0.2) is 0 Å². The molecule has 3 heterocycles. The Hall–Kier alpha value is -2.19. The summed E-state index contributed by atoms with van der Waals surface area (Å²) >= 11 is 1.25. The van der Waals surface area contributed by atoms with Crippen LogP contribution in [0.25, 0.3) is 0 Å². The van der Waals surface area contributed by atoms with E-state index in [1.807, 2.05) is 12.1 Å². The molecule has 7 nitrogen and oxygen atoms in total. The smallest absolute Gasteiger partial charge is 0.284 e. The molecule has 1 aromatic carbocycles. The first-order chi connectivity index (χ1) is 12.1. The van der Waals surface area contributed by atoms with E-state index in [0.29, 0.717) is 22.9 Å². The molecule has 2 N–H and O–H groups in total. The maximum Gasteiger partial charge on any atom is 0.284 e. The molecular formula is C17H18N4O3S. The number of carbonyl (C=O) groups is 2. The van der Waals surface area contributed by atoms with Crippen LogP contribution < -0.4 is 10.6 Å². The number of benzene rings is 1. The standard InChI is InChI=1S/C17H18N4O3S/c1-9(22)16-20-21-17(24-16)25-12-5-2-10(3-6-12)15(23)19-14-8-11-4-7-13(14)18-11/h2-3,5-6,11,13-14,18H,4,7-8H2,1H3,(H,19,23)/t11-,13+,14-/m1/s1. The lowest BCUT2D eigenvalue weighted by molar-refractivity contribution is 0.0929. The highest BCUT2D eigenvalue weighted by atomic mass is 32.2. The number of hydrogen-bond acceptors (Lipinski definition) is 7. The number of nitrogens with one attached hydrogen (secondary N) is 2. The van der Waals surface area contributed by atoms with Crippen molar-refractivity contribution in [2.75, 3.05) is 0 Å². The second-order valence-corrected chi connectivity index (χ2v) is 7.44. The van der Waals surface area contributed by atoms with Gasteiger partial charge in [-0.05, 0) is 55.3 Å². The molecule has 130 valence electrons. The first-order valence-corrected chi connectivity index (χ1v) is 9.09. The molecule has 0 saturated carbocycles. The number of nitrogens with zero attached hydrogens (tertiary/aromatic N) is 2. The van der Waals surface area contributed by atoms with Crippen molar-refractivity contribution in [3.8, 4) is 0 Å². The van der Waals surface area contributed by atoms with Gasteiger partial charge < -0.3 is 15.1 Å². The fourth-order valence-corrected chi connectivity index (χ4v) is 4.08. The summed E-state index contributed by atoms with van der Waals surface area (Å²) in [4.78, 5) is 24.4. The minimum absolute atomic E-state index is 0.00188. The highest BCUT2D eigenvalue weighted by Gasteiger charge is 2.39. The van der Waals surface area contributed by atoms with Crippen molar-refractivity contribution < 1.29 is 14.0 Å². The number of ketones is 1. The van der Waals surface area contributed by atoms with E-state index in [4.69, 9.17) is 4.42 Å². The first kappa shape index (κ1) is 16.3. The van der Waals surface area contributed by atoms with Crippen LogP contribution in [0.3, 0.4) is 0 Å². The highest BCUT2D eigenvalue weighted by molar-refractivity contribution is 7.99. The molecule has 2 aliphatic heterocycles. The van der Waals surface area contributed by atoms with Crippen LogP contribution >= 0.6 is 11.8 Å². The minimum atomic E-state index is -0.263. The second kappa shape index (κ2) is 6.61. The molecule has 4 rings (SSSR count). The molecule has 1 aromatic heterocycles. The lowest BCUT2D eigenvalue weighted by Crippen LogP contribution is -2.42. The third-order valence-corrected chi connectivity index (χ3v) is 5.49. The van der Waals surface area contributed by atoms with Crippen molar-refractivity contribution >= 4 is 23.5 Å². The summed E-state index contributed by atoms with van der Waals surface area (Å²) in [7, 11) is 0. The Labute approximate surface area is 149 Å². The predicted molar refractivity (Wildman–Crippen MR) is 90.7 cm³/mol. The van der Waals surface area contributed by atoms with E-state index in [9.17, 15) is 9.59 Å². The zero-order valence-corrected chi connectivity index (χ0v) is 14.5. The van der Waals surface area contributed by atoms with Gasteiger partial charge in [0.25, 0.3) is 17.0 Å². The van der Waals surface area contributed by atoms with Crippen LogP contribution in [-0.2, 0) is 0 Å². The number of carbonyl (C=O) groups excluding carboxylic acids is 2. The van der Waals surface area contributed by atoms with Crippen LogP contribution in [0.5, 0.6) is 0 Å². The Kier molecular flexibility index (Phi) is 4.30. The van der Waals surface area contributed by atoms with Gasteiger partial charge in [-0.3, -0.25) is 9.59 Å². The van der Waals surface area contributed by atoms with Crippen LogP contribution in [-0.4, -0.2) is 40.0 Å². The predicted octanol–water partition coefficient (Wildman–Crippen LogP) is 2.05. The summed E-state index contributed by atoms with van der Waals surface area (Å²) in [5.74, 6) is -0.313. The van der Waals surface area contributed by atoms with Gasteiger partial charge in [0.1, 0.15) is 0 Å². The van der Waals surface area contributed by atoms with E-state index in [-0.39, 0.29) is 23.6 Å². The van der Waals surface area contributed by atoms with Gasteiger partial charge in [0.15, 0.2) is 0 Å². The van der Waals surface area contributed by atoms with E-state index in [0.717, 1.165) is 17.7 Å². The molecule has 2 saturated heterocycles. The van der Waals surface area contributed by atoms with Crippen LogP contribution in [0, 0.1) is 0 Å². The minimum Gasteiger partial charge on any atom is -0.408 e. The van der Waals surface area contributed by atoms with Crippen LogP contribution in [0.2, 0.25) is 0 Å². The van der Waals surface area contributed by atoms with Crippen molar-refractivity contribution in [1.82, 2.24) is 20.8 Å². The Morgan fingerprint density at radius 3 is 2.64 bits per heavy atom. The summed E-state index contributed by atoms with van der Waals surface area (Å²) in [5.41, 5.74) is 0.627. The molecule has 8 heteroatoms. The summed E-state index contributed by atoms with van der Waals surface area (Å²) in [6.45, 7) is 1.38. The fraction of sp³-hybridized carbons (Fsp3) is 0.412. The SMILES string of the molecule is CC(=O)c1nnc(Sc2ccc(C(=O)N[C@@H]3C[C@H]4CC[C@@H]3N4)cc2)o1. The van der Waals surface area contributed by atoms with Crippen molar-refractivity contribution in [1.29, 1.82) is 0 Å². The molecule has 25 heavy (non-hydrogen) atoms. The quantitative estimate of drug-likeness (QED) is 0.790. The second-order valence-electron chi connectivity index (χ2n) is 6.42. The molecular weight excluding hydrogens is 340 g/mol. The number of fused-ring (bicyclic) bond motifs is 2. The van der Waals surface area contributed by atoms with Crippen molar-refractivity contribution in [2.24, 2.45) is 0 Å². The summed E-state index contributed by atoms with van der Waals surface area (Å²) < 4.78 is 5.25. The zero-order chi connectivity index (χ0) is 17.4. The molecule has 3 atom stereocenters. The van der Waals surface area contributed by atoms with Crippen molar-refractivity contribution in [3.05, 3.63) is 35.7 Å². The monoisotopic (exact) mass is 358 g/mol. The van der Waals surface area contributed by atoms with Crippen molar-refractivity contribution in [3.63, 3.8) is 0 Å². The maximum absolute atomic E-state index is 12.4. The van der Waals surface area contributed by atoms with Gasteiger partial charge in [-0.1, -0.05) is 0 Å². The maximum atomic E-state index is 12.4. The Morgan fingerprint density at radius 1 is 1.24 bits per heavy atom. The number of hydrogen-bond donors (Lipinski definition) is 2. The van der Waals surface area contributed by atoms with E-state index < -0.39 is 0 Å². The molecule has 0 radical (unpaired) electrons. The summed E-state index contributed by atoms with van der Waals surface area (Å²) in [5, 5.41) is 14.4. The van der Waals surface area contributed by atoms with Gasteiger partial charge in [0, 0.05) is 35.5 Å². The van der Waals surface area contributed by atoms with E-state index in [1.165, 1.54) is 25.1 Å². The zero-order valence-electron chi connectivity index (χ0n) is 13.7. The van der Waals surface area contributed by atoms with Gasteiger partial charge in [-0.2, -0.15) is 0 Å². The molecule has 0 unspecified atom stereocenters. The van der Waals surface area contributed by atoms with Gasteiger partial charge >= 0.3 is 0 Å². The lowest BCUT2D eigenvalue weighted by Gasteiger charge is -2.21. The Balaban J connectivity index is 1.37. The van der Waals surface area contributed by atoms with E-state index in [1.54, 1.807) is 12.1 Å². The van der Waals surface area contributed by atoms with Gasteiger partial charge in [-0.15, -0.1) is 10.2 Å². The third kappa shape index (κ3) is 3.45. The molecule has 0 aliphatic carbocycles. The number of amides is 1. The highest BCUT2D eigenvalue weighted by Crippen LogP contribution is 2.29. The first-order valence-electron chi connectivity index (χ1n) is 8.28. The molecule has 2 aromatic rings. The largest absolute Gasteiger partial charge is 0.408 e. The molecule has 2 aliphatic rings. The van der Waals surface area contributed by atoms with Crippen molar-refractivity contribution in [2.45, 2.75) is 54.4 Å². The number of aromatic nitrogens is 2. The summed E-state index contributed by atoms with van der Waals surface area (Å²) in [6, 6.07) is 8.41.